The number of methoxy groups -OCH3 is 1. The predicted molar refractivity (Wildman–Crippen MR) is 41.1 cm³/mol. The summed E-state index contributed by atoms with van der Waals surface area (Å²) in [5.41, 5.74) is 0. The standard InChI is InChI=1S/C4H9FO.C2H5F.CH3F/c1-6-4-2-3-5;1-2-3;1-2/h2-4H2,1H3;2H2,1H3;1H3. The highest BCUT2D eigenvalue weighted by Gasteiger charge is 1.77. The van der Waals surface area contributed by atoms with E-state index in [9.17, 15) is 13.2 Å². The van der Waals surface area contributed by atoms with Crippen molar-refractivity contribution in [2.24, 2.45) is 0 Å². The zero-order valence-corrected chi connectivity index (χ0v) is 7.37. The fourth-order valence-corrected chi connectivity index (χ4v) is 0.199. The largest absolute Gasteiger partial charge is 0.385 e. The van der Waals surface area contributed by atoms with Gasteiger partial charge in [-0.05, 0) is 13.3 Å². The molecule has 0 atom stereocenters. The van der Waals surface area contributed by atoms with Crippen molar-refractivity contribution in [3.05, 3.63) is 0 Å². The molecule has 0 rings (SSSR count). The summed E-state index contributed by atoms with van der Waals surface area (Å²) in [5.74, 6) is 0. The van der Waals surface area contributed by atoms with E-state index in [4.69, 9.17) is 0 Å². The number of rotatable bonds is 3. The Morgan fingerprint density at radius 2 is 1.55 bits per heavy atom. The smallest absolute Gasteiger partial charge is 0.0916 e. The summed E-state index contributed by atoms with van der Waals surface area (Å²) >= 11 is 0. The van der Waals surface area contributed by atoms with Crippen molar-refractivity contribution < 1.29 is 17.9 Å². The molecule has 0 aromatic carbocycles. The van der Waals surface area contributed by atoms with E-state index < -0.39 is 0 Å². The molecule has 0 aromatic heterocycles. The van der Waals surface area contributed by atoms with Gasteiger partial charge in [0.25, 0.3) is 0 Å². The van der Waals surface area contributed by atoms with Crippen LogP contribution in [0.3, 0.4) is 0 Å². The van der Waals surface area contributed by atoms with Gasteiger partial charge in [-0.15, -0.1) is 0 Å². The molecule has 0 aliphatic rings. The number of hydrogen-bond acceptors (Lipinski definition) is 1. The second-order valence-corrected chi connectivity index (χ2v) is 1.30. The Morgan fingerprint density at radius 3 is 1.64 bits per heavy atom. The van der Waals surface area contributed by atoms with Crippen LogP contribution in [0.4, 0.5) is 13.2 Å². The number of hydrogen-bond donors (Lipinski definition) is 0. The van der Waals surface area contributed by atoms with Gasteiger partial charge in [0.1, 0.15) is 0 Å². The van der Waals surface area contributed by atoms with Crippen molar-refractivity contribution in [3.8, 4) is 0 Å². The molecule has 0 heterocycles. The average Bonchev–Trinajstić information content (AvgIpc) is 2.06. The molecule has 0 aliphatic heterocycles. The molecule has 4 heteroatoms. The molecule has 72 valence electrons. The van der Waals surface area contributed by atoms with Crippen molar-refractivity contribution in [1.29, 1.82) is 0 Å². The van der Waals surface area contributed by atoms with Gasteiger partial charge in [0, 0.05) is 13.7 Å². The van der Waals surface area contributed by atoms with Gasteiger partial charge in [0.05, 0.1) is 20.5 Å². The molecule has 0 fully saturated rings. The van der Waals surface area contributed by atoms with E-state index in [1.165, 1.54) is 6.92 Å². The third-order valence-electron chi connectivity index (χ3n) is 0.482. The highest BCUT2D eigenvalue weighted by atomic mass is 19.1. The first-order valence-corrected chi connectivity index (χ1v) is 3.32. The molecular weight excluding hydrogens is 157 g/mol. The monoisotopic (exact) mass is 174 g/mol. The molecule has 11 heavy (non-hydrogen) atoms. The predicted octanol–water partition coefficient (Wildman–Crippen LogP) is 2.55. The summed E-state index contributed by atoms with van der Waals surface area (Å²) in [4.78, 5) is 0. The summed E-state index contributed by atoms with van der Waals surface area (Å²) in [6.45, 7) is 1.48. The van der Waals surface area contributed by atoms with Crippen LogP contribution >= 0.6 is 0 Å². The van der Waals surface area contributed by atoms with Crippen LogP contribution < -0.4 is 0 Å². The van der Waals surface area contributed by atoms with Crippen LogP contribution in [-0.4, -0.2) is 34.2 Å². The van der Waals surface area contributed by atoms with Gasteiger partial charge in [0.15, 0.2) is 0 Å². The summed E-state index contributed by atoms with van der Waals surface area (Å²) in [6.07, 6.45) is 0.524. The van der Waals surface area contributed by atoms with E-state index in [2.05, 4.69) is 4.74 Å². The van der Waals surface area contributed by atoms with Gasteiger partial charge >= 0.3 is 0 Å². The molecule has 0 unspecified atom stereocenters. The van der Waals surface area contributed by atoms with Crippen LogP contribution in [0.1, 0.15) is 13.3 Å². The van der Waals surface area contributed by atoms with Crippen LogP contribution in [-0.2, 0) is 4.74 Å². The van der Waals surface area contributed by atoms with E-state index >= 15 is 0 Å². The molecule has 0 bridgehead atoms. The molecule has 0 amide bonds. The van der Waals surface area contributed by atoms with Crippen molar-refractivity contribution in [1.82, 2.24) is 0 Å². The van der Waals surface area contributed by atoms with Gasteiger partial charge in [-0.1, -0.05) is 0 Å². The van der Waals surface area contributed by atoms with Crippen LogP contribution in [0.5, 0.6) is 0 Å². The van der Waals surface area contributed by atoms with Crippen molar-refractivity contribution in [2.45, 2.75) is 13.3 Å². The molecular formula is C7H17F3O. The van der Waals surface area contributed by atoms with Crippen LogP contribution in [0, 0.1) is 0 Å². The molecule has 0 aromatic rings. The Labute approximate surface area is 66.6 Å². The van der Waals surface area contributed by atoms with Gasteiger partial charge in [-0.2, -0.15) is 0 Å². The van der Waals surface area contributed by atoms with E-state index in [1.807, 2.05) is 0 Å². The zero-order valence-electron chi connectivity index (χ0n) is 7.37. The SMILES string of the molecule is CCF.CF.COCCCF. The average molecular weight is 174 g/mol. The first kappa shape index (κ1) is 17.0. The minimum atomic E-state index is -0.270. The molecule has 0 aliphatic carbocycles. The third kappa shape index (κ3) is 77.4. The minimum absolute atomic E-state index is 0.250. The Balaban J connectivity index is -0.000000109. The van der Waals surface area contributed by atoms with Gasteiger partial charge in [-0.25, -0.2) is 0 Å². The number of halogens is 3. The molecule has 0 saturated heterocycles. The molecule has 0 radical (unpaired) electrons. The topological polar surface area (TPSA) is 9.23 Å². The fourth-order valence-electron chi connectivity index (χ4n) is 0.199. The lowest BCUT2D eigenvalue weighted by Crippen LogP contribution is -1.87. The molecule has 1 nitrogen and oxygen atoms in total. The lowest BCUT2D eigenvalue weighted by Gasteiger charge is -1.87. The Hall–Kier alpha value is -0.250. The van der Waals surface area contributed by atoms with Crippen LogP contribution in [0.25, 0.3) is 0 Å². The minimum Gasteiger partial charge on any atom is -0.385 e. The maximum absolute atomic E-state index is 11.1. The second-order valence-electron chi connectivity index (χ2n) is 1.30. The van der Waals surface area contributed by atoms with E-state index in [-0.39, 0.29) is 13.3 Å². The van der Waals surface area contributed by atoms with Gasteiger partial charge in [-0.3, -0.25) is 13.2 Å². The van der Waals surface area contributed by atoms with E-state index in [0.29, 0.717) is 20.2 Å². The van der Waals surface area contributed by atoms with Crippen molar-refractivity contribution >= 4 is 0 Å². The maximum Gasteiger partial charge on any atom is 0.0916 e. The lowest BCUT2D eigenvalue weighted by atomic mass is 10.5. The maximum atomic E-state index is 11.1. The zero-order chi connectivity index (χ0) is 9.54. The summed E-state index contributed by atoms with van der Waals surface area (Å²) in [6, 6.07) is 0. The Kier molecular flexibility index (Phi) is 51.2. The van der Waals surface area contributed by atoms with E-state index in [1.54, 1.807) is 7.11 Å². The number of ether oxygens (including phenoxy) is 1. The summed E-state index contributed by atoms with van der Waals surface area (Å²) in [7, 11) is 2.07. The van der Waals surface area contributed by atoms with Gasteiger partial charge < -0.3 is 4.74 Å². The lowest BCUT2D eigenvalue weighted by molar-refractivity contribution is 0.186. The van der Waals surface area contributed by atoms with Gasteiger partial charge in [0.2, 0.25) is 0 Å². The number of alkyl halides is 3. The quantitative estimate of drug-likeness (QED) is 0.597. The Bertz CT molecular complexity index is 32.9. The first-order valence-electron chi connectivity index (χ1n) is 3.32. The fraction of sp³-hybridized carbons (Fsp3) is 1.00. The second kappa shape index (κ2) is 33.1. The Morgan fingerprint density at radius 1 is 1.18 bits per heavy atom. The molecule has 0 saturated carbocycles. The normalized spacial score (nSPS) is 7.09. The van der Waals surface area contributed by atoms with Crippen LogP contribution in [0.15, 0.2) is 0 Å². The molecule has 0 N–H and O–H groups in total. The van der Waals surface area contributed by atoms with Crippen molar-refractivity contribution in [2.75, 3.05) is 34.2 Å². The summed E-state index contributed by atoms with van der Waals surface area (Å²) < 4.78 is 35.4. The third-order valence-corrected chi connectivity index (χ3v) is 0.482. The van der Waals surface area contributed by atoms with Crippen molar-refractivity contribution in [3.63, 3.8) is 0 Å². The highest BCUT2D eigenvalue weighted by molar-refractivity contribution is 4.26. The van der Waals surface area contributed by atoms with Crippen LogP contribution in [0.2, 0.25) is 0 Å². The highest BCUT2D eigenvalue weighted by Crippen LogP contribution is 1.77. The first-order chi connectivity index (χ1) is 5.33. The van der Waals surface area contributed by atoms with E-state index in [0.717, 1.165) is 0 Å². The molecule has 0 spiro atoms. The summed E-state index contributed by atoms with van der Waals surface area (Å²) in [5, 5.41) is 0.